The van der Waals surface area contributed by atoms with E-state index in [1.807, 2.05) is 43.6 Å². The number of hydrogen-bond donors (Lipinski definition) is 0. The van der Waals surface area contributed by atoms with Crippen LogP contribution in [-0.2, 0) is 11.8 Å². The van der Waals surface area contributed by atoms with Gasteiger partial charge in [0.05, 0.1) is 45.5 Å². The Hall–Kier alpha value is -3.76. The molecule has 3 aromatic heterocycles. The maximum absolute atomic E-state index is 5.53. The highest BCUT2D eigenvalue weighted by molar-refractivity contribution is 5.77. The average Bonchev–Trinajstić information content (AvgIpc) is 3.35. The van der Waals surface area contributed by atoms with Gasteiger partial charge in [0.15, 0.2) is 5.65 Å². The van der Waals surface area contributed by atoms with Crippen LogP contribution < -0.4 is 14.4 Å². The van der Waals surface area contributed by atoms with Crippen LogP contribution in [0.2, 0.25) is 0 Å². The van der Waals surface area contributed by atoms with Gasteiger partial charge >= 0.3 is 0 Å². The molecule has 10 nitrogen and oxygen atoms in total. The predicted molar refractivity (Wildman–Crippen MR) is 133 cm³/mol. The second kappa shape index (κ2) is 10.2. The lowest BCUT2D eigenvalue weighted by Crippen LogP contribution is -2.40. The molecule has 4 heterocycles. The molecule has 1 saturated heterocycles. The highest BCUT2D eigenvalue weighted by Crippen LogP contribution is 2.32. The minimum atomic E-state index is 0.579. The smallest absolute Gasteiger partial charge is 0.180 e. The lowest BCUT2D eigenvalue weighted by Gasteiger charge is -2.31. The molecule has 1 fully saturated rings. The van der Waals surface area contributed by atoms with Gasteiger partial charge in [-0.2, -0.15) is 5.10 Å². The van der Waals surface area contributed by atoms with Crippen LogP contribution in [0.15, 0.2) is 48.9 Å². The Morgan fingerprint density at radius 2 is 1.77 bits per heavy atom. The molecule has 0 atom stereocenters. The maximum Gasteiger partial charge on any atom is 0.180 e. The van der Waals surface area contributed by atoms with Crippen molar-refractivity contribution in [2.45, 2.75) is 0 Å². The van der Waals surface area contributed by atoms with Crippen LogP contribution in [-0.4, -0.2) is 83.2 Å². The molecule has 5 rings (SSSR count). The summed E-state index contributed by atoms with van der Waals surface area (Å²) in [6.07, 6.45) is 5.44. The fourth-order valence-electron chi connectivity index (χ4n) is 4.12. The van der Waals surface area contributed by atoms with Crippen LogP contribution in [0, 0.1) is 0 Å². The van der Waals surface area contributed by atoms with Gasteiger partial charge in [0.1, 0.15) is 22.8 Å². The highest BCUT2D eigenvalue weighted by atomic mass is 16.5. The summed E-state index contributed by atoms with van der Waals surface area (Å²) < 4.78 is 18.3. The van der Waals surface area contributed by atoms with Gasteiger partial charge < -0.3 is 19.1 Å². The Labute approximate surface area is 204 Å². The molecule has 0 bridgehead atoms. The minimum absolute atomic E-state index is 0.579. The van der Waals surface area contributed by atoms with Crippen molar-refractivity contribution in [3.05, 3.63) is 48.9 Å². The van der Waals surface area contributed by atoms with Gasteiger partial charge in [-0.15, -0.1) is 0 Å². The van der Waals surface area contributed by atoms with Crippen LogP contribution in [0.25, 0.3) is 22.4 Å². The normalized spacial score (nSPS) is 14.3. The van der Waals surface area contributed by atoms with E-state index in [4.69, 9.17) is 24.2 Å². The lowest BCUT2D eigenvalue weighted by molar-refractivity contribution is 0.0394. The number of ether oxygens (including phenoxy) is 3. The Morgan fingerprint density at radius 1 is 1.00 bits per heavy atom. The first-order valence-electron chi connectivity index (χ1n) is 11.6. The molecule has 0 saturated carbocycles. The van der Waals surface area contributed by atoms with E-state index in [1.165, 1.54) is 0 Å². The molecule has 1 aromatic carbocycles. The number of pyridine rings is 1. The summed E-state index contributed by atoms with van der Waals surface area (Å²) in [4.78, 5) is 18.8. The van der Waals surface area contributed by atoms with Gasteiger partial charge in [0, 0.05) is 68.9 Å². The number of aromatic nitrogens is 5. The minimum Gasteiger partial charge on any atom is -0.497 e. The van der Waals surface area contributed by atoms with E-state index in [9.17, 15) is 0 Å². The Bertz CT molecular complexity index is 1280. The maximum atomic E-state index is 5.53. The molecule has 10 heteroatoms. The van der Waals surface area contributed by atoms with E-state index < -0.39 is 0 Å². The van der Waals surface area contributed by atoms with E-state index in [-0.39, 0.29) is 0 Å². The zero-order valence-electron chi connectivity index (χ0n) is 20.2. The third-order valence-corrected chi connectivity index (χ3v) is 6.06. The number of nitrogens with zero attached hydrogens (tertiary/aromatic N) is 7. The standard InChI is InChI=1S/C25H29N7O3/c1-30-17-18(15-27-30)23-16-26-22-4-5-24(29-25(22)28-23)32(7-6-31-8-10-35-11-9-31)19-12-20(33-2)14-21(13-19)34-3/h4-5,12-17H,6-11H2,1-3H3. The van der Waals surface area contributed by atoms with Crippen LogP contribution in [0.5, 0.6) is 11.5 Å². The molecule has 35 heavy (non-hydrogen) atoms. The van der Waals surface area contributed by atoms with Crippen molar-refractivity contribution in [1.82, 2.24) is 29.6 Å². The fourth-order valence-corrected chi connectivity index (χ4v) is 4.12. The summed E-state index contributed by atoms with van der Waals surface area (Å²) in [7, 11) is 5.18. The van der Waals surface area contributed by atoms with Crippen LogP contribution >= 0.6 is 0 Å². The van der Waals surface area contributed by atoms with Crippen molar-refractivity contribution in [2.75, 3.05) is 58.5 Å². The number of hydrogen-bond acceptors (Lipinski definition) is 9. The third kappa shape index (κ3) is 5.18. The van der Waals surface area contributed by atoms with E-state index in [1.54, 1.807) is 31.3 Å². The van der Waals surface area contributed by atoms with Gasteiger partial charge in [-0.05, 0) is 12.1 Å². The van der Waals surface area contributed by atoms with Crippen LogP contribution in [0.1, 0.15) is 0 Å². The van der Waals surface area contributed by atoms with Gasteiger partial charge in [-0.3, -0.25) is 14.6 Å². The molecule has 0 radical (unpaired) electrons. The second-order valence-electron chi connectivity index (χ2n) is 8.35. The van der Waals surface area contributed by atoms with Crippen molar-refractivity contribution >= 4 is 22.7 Å². The summed E-state index contributed by atoms with van der Waals surface area (Å²) in [5.41, 5.74) is 3.87. The number of aryl methyl sites for hydroxylation is 1. The van der Waals surface area contributed by atoms with E-state index in [2.05, 4.69) is 19.9 Å². The highest BCUT2D eigenvalue weighted by Gasteiger charge is 2.18. The van der Waals surface area contributed by atoms with Gasteiger partial charge in [-0.25, -0.2) is 9.97 Å². The average molecular weight is 476 g/mol. The number of methoxy groups -OCH3 is 2. The van der Waals surface area contributed by atoms with Crippen LogP contribution in [0.3, 0.4) is 0 Å². The van der Waals surface area contributed by atoms with Crippen molar-refractivity contribution in [1.29, 1.82) is 0 Å². The molecular weight excluding hydrogens is 446 g/mol. The third-order valence-electron chi connectivity index (χ3n) is 6.06. The first-order valence-corrected chi connectivity index (χ1v) is 11.6. The van der Waals surface area contributed by atoms with Crippen molar-refractivity contribution in [3.63, 3.8) is 0 Å². The Morgan fingerprint density at radius 3 is 2.46 bits per heavy atom. The molecule has 182 valence electrons. The fraction of sp³-hybridized carbons (Fsp3) is 0.360. The molecule has 4 aromatic rings. The van der Waals surface area contributed by atoms with E-state index >= 15 is 0 Å². The van der Waals surface area contributed by atoms with Crippen molar-refractivity contribution in [3.8, 4) is 22.8 Å². The molecule has 0 N–H and O–H groups in total. The summed E-state index contributed by atoms with van der Waals surface area (Å²) in [6, 6.07) is 9.78. The number of rotatable bonds is 8. The van der Waals surface area contributed by atoms with E-state index in [0.717, 1.165) is 79.2 Å². The molecule has 0 spiro atoms. The van der Waals surface area contributed by atoms with Gasteiger partial charge in [0.25, 0.3) is 0 Å². The molecule has 0 aliphatic carbocycles. The SMILES string of the molecule is COc1cc(OC)cc(N(CCN2CCOCC2)c2ccc3ncc(-c4cnn(C)c4)nc3n2)c1. The molecule has 1 aliphatic heterocycles. The Kier molecular flexibility index (Phi) is 6.73. The number of morpholine rings is 1. The topological polar surface area (TPSA) is 90.7 Å². The monoisotopic (exact) mass is 475 g/mol. The van der Waals surface area contributed by atoms with Crippen molar-refractivity contribution < 1.29 is 14.2 Å². The summed E-state index contributed by atoms with van der Waals surface area (Å²) in [5, 5.41) is 4.24. The number of benzene rings is 1. The largest absolute Gasteiger partial charge is 0.497 e. The predicted octanol–water partition coefficient (Wildman–Crippen LogP) is 2.91. The van der Waals surface area contributed by atoms with Crippen molar-refractivity contribution in [2.24, 2.45) is 7.05 Å². The summed E-state index contributed by atoms with van der Waals surface area (Å²) in [6.45, 7) is 4.94. The number of anilines is 2. The Balaban J connectivity index is 1.53. The molecule has 0 amide bonds. The van der Waals surface area contributed by atoms with E-state index in [0.29, 0.717) is 5.65 Å². The number of fused-ring (bicyclic) bond motifs is 1. The first kappa shape index (κ1) is 23.0. The van der Waals surface area contributed by atoms with Gasteiger partial charge in [-0.1, -0.05) is 0 Å². The van der Waals surface area contributed by atoms with Gasteiger partial charge in [0.2, 0.25) is 0 Å². The second-order valence-corrected chi connectivity index (χ2v) is 8.35. The summed E-state index contributed by atoms with van der Waals surface area (Å²) >= 11 is 0. The quantitative estimate of drug-likeness (QED) is 0.381. The first-order chi connectivity index (χ1) is 17.1. The lowest BCUT2D eigenvalue weighted by atomic mass is 10.2. The zero-order chi connectivity index (χ0) is 24.2. The summed E-state index contributed by atoms with van der Waals surface area (Å²) in [5.74, 6) is 2.21. The molecule has 0 unspecified atom stereocenters. The molecule has 1 aliphatic rings. The molecular formula is C25H29N7O3. The van der Waals surface area contributed by atoms with Crippen LogP contribution in [0.4, 0.5) is 11.5 Å². The zero-order valence-corrected chi connectivity index (χ0v) is 20.2.